The van der Waals surface area contributed by atoms with Crippen molar-refractivity contribution in [3.8, 4) is 17.2 Å². The highest BCUT2D eigenvalue weighted by Gasteiger charge is 2.50. The third-order valence-electron chi connectivity index (χ3n) is 10.5. The van der Waals surface area contributed by atoms with Crippen molar-refractivity contribution in [3.05, 3.63) is 87.5 Å². The Hall–Kier alpha value is -5.92. The number of aromatic hydroxyl groups is 2. The molecule has 3 amide bonds. The fourth-order valence-corrected chi connectivity index (χ4v) is 7.47. The number of ketones is 3. The number of amides is 3. The van der Waals surface area contributed by atoms with Gasteiger partial charge in [-0.3, -0.25) is 24.0 Å². The van der Waals surface area contributed by atoms with Crippen molar-refractivity contribution < 1.29 is 73.2 Å². The Bertz CT molecular complexity index is 2140. The Balaban J connectivity index is 1.18. The van der Waals surface area contributed by atoms with Gasteiger partial charge in [0.15, 0.2) is 17.9 Å². The van der Waals surface area contributed by atoms with Crippen molar-refractivity contribution in [2.24, 2.45) is 0 Å². The van der Waals surface area contributed by atoms with Crippen LogP contribution in [-0.2, 0) is 41.6 Å². The van der Waals surface area contributed by atoms with Crippen LogP contribution in [0, 0.1) is 0 Å². The van der Waals surface area contributed by atoms with Crippen LogP contribution >= 0.6 is 0 Å². The molecule has 0 saturated carbocycles. The van der Waals surface area contributed by atoms with Crippen LogP contribution in [0.2, 0.25) is 0 Å². The van der Waals surface area contributed by atoms with E-state index in [2.05, 4.69) is 10.6 Å². The van der Waals surface area contributed by atoms with E-state index < -0.39 is 127 Å². The van der Waals surface area contributed by atoms with Crippen molar-refractivity contribution in [2.75, 3.05) is 33.9 Å². The van der Waals surface area contributed by atoms with E-state index in [1.165, 1.54) is 39.3 Å². The van der Waals surface area contributed by atoms with E-state index in [0.29, 0.717) is 0 Å². The molecule has 0 aromatic heterocycles. The summed E-state index contributed by atoms with van der Waals surface area (Å²) in [5.41, 5.74) is -3.53. The molecule has 0 radical (unpaired) electrons. The lowest BCUT2D eigenvalue weighted by Crippen LogP contribution is -2.57. The lowest BCUT2D eigenvalue weighted by Gasteiger charge is -2.43. The van der Waals surface area contributed by atoms with Crippen molar-refractivity contribution in [3.63, 3.8) is 0 Å². The van der Waals surface area contributed by atoms with Crippen LogP contribution < -0.4 is 15.4 Å². The molecule has 58 heavy (non-hydrogen) atoms. The zero-order valence-electron chi connectivity index (χ0n) is 31.7. The molecule has 3 aliphatic rings. The number of methoxy groups -OCH3 is 1. The van der Waals surface area contributed by atoms with Gasteiger partial charge >= 0.3 is 6.09 Å². The molecule has 6 rings (SSSR count). The predicted octanol–water partition coefficient (Wildman–Crippen LogP) is 0.544. The first kappa shape index (κ1) is 41.7. The summed E-state index contributed by atoms with van der Waals surface area (Å²) < 4.78 is 22.5. The summed E-state index contributed by atoms with van der Waals surface area (Å²) >= 11 is 0. The number of ether oxygens (including phenoxy) is 4. The number of aliphatic hydroxyl groups excluding tert-OH is 2. The van der Waals surface area contributed by atoms with E-state index in [4.69, 9.17) is 18.9 Å². The highest BCUT2D eigenvalue weighted by molar-refractivity contribution is 6.31. The maximum Gasteiger partial charge on any atom is 0.407 e. The average molecular weight is 806 g/mol. The molecule has 2 aliphatic carbocycles. The van der Waals surface area contributed by atoms with Gasteiger partial charge in [0.1, 0.15) is 48.7 Å². The number of hydrogen-bond donors (Lipinski definition) is 7. The summed E-state index contributed by atoms with van der Waals surface area (Å²) in [4.78, 5) is 79.5. The van der Waals surface area contributed by atoms with E-state index in [1.807, 2.05) is 6.07 Å². The molecular weight excluding hydrogens is 762 g/mol. The van der Waals surface area contributed by atoms with Crippen molar-refractivity contribution in [1.29, 1.82) is 0 Å². The van der Waals surface area contributed by atoms with Gasteiger partial charge in [0.2, 0.25) is 17.6 Å². The fourth-order valence-electron chi connectivity index (χ4n) is 7.47. The quantitative estimate of drug-likeness (QED) is 0.0964. The first-order valence-corrected chi connectivity index (χ1v) is 18.3. The molecule has 1 saturated heterocycles. The van der Waals surface area contributed by atoms with Crippen LogP contribution in [-0.4, -0.2) is 130 Å². The van der Waals surface area contributed by atoms with Gasteiger partial charge in [-0.1, -0.05) is 42.5 Å². The summed E-state index contributed by atoms with van der Waals surface area (Å²) in [6, 6.07) is 12.1. The summed E-state index contributed by atoms with van der Waals surface area (Å²) in [7, 11) is 2.62. The second-order valence-electron chi connectivity index (χ2n) is 14.3. The van der Waals surface area contributed by atoms with E-state index in [0.717, 1.165) is 10.5 Å². The monoisotopic (exact) mass is 805 g/mol. The number of benzene rings is 3. The first-order valence-electron chi connectivity index (χ1n) is 18.3. The van der Waals surface area contributed by atoms with Crippen molar-refractivity contribution in [2.45, 2.75) is 69.0 Å². The molecule has 308 valence electrons. The Kier molecular flexibility index (Phi) is 12.1. The van der Waals surface area contributed by atoms with Crippen molar-refractivity contribution >= 4 is 35.3 Å². The average Bonchev–Trinajstić information content (AvgIpc) is 3.20. The van der Waals surface area contributed by atoms with Crippen LogP contribution in [0.1, 0.15) is 74.4 Å². The Morgan fingerprint density at radius 2 is 1.69 bits per heavy atom. The molecule has 0 spiro atoms. The second kappa shape index (κ2) is 16.9. The van der Waals surface area contributed by atoms with Crippen LogP contribution in [0.5, 0.6) is 17.2 Å². The summed E-state index contributed by atoms with van der Waals surface area (Å²) in [6.07, 6.45) is -7.50. The molecule has 18 heteroatoms. The summed E-state index contributed by atoms with van der Waals surface area (Å²) in [5.74, 6) is -5.57. The van der Waals surface area contributed by atoms with Crippen LogP contribution in [0.3, 0.4) is 0 Å². The summed E-state index contributed by atoms with van der Waals surface area (Å²) in [5, 5.41) is 60.6. The molecule has 1 heterocycles. The molecule has 3 aromatic rings. The Morgan fingerprint density at radius 1 is 0.983 bits per heavy atom. The normalized spacial score (nSPS) is 23.4. The molecule has 7 N–H and O–H groups in total. The number of phenolic OH excluding ortho intramolecular Hbond substituents is 2. The summed E-state index contributed by atoms with van der Waals surface area (Å²) in [6.45, 7) is -0.587. The standard InChI is InChI=1S/C40H43N3O15/c1-19-34(48)23(42-27(46)16-43(2)28(47)15-41-39(53)56-18-20-8-5-4-6-9-20)12-29(57-19)58-25-14-40(54,26(45)17-44)13-22-31(25)38(52)33-32(36(22)50)35(49)21-10-7-11-24(55-3)30(21)37(33)51/h4-11,19,23,25,29,34,44,48,50,52,54H,12-18H2,1-3H3,(H,41,53)(H,42,46)/t19-,23-,25-,29-,34+,40-/m0/s1. The minimum absolute atomic E-state index is 0.0124. The van der Waals surface area contributed by atoms with Gasteiger partial charge in [0.25, 0.3) is 0 Å². The number of alkyl carbamates (subject to hydrolysis) is 1. The highest BCUT2D eigenvalue weighted by atomic mass is 16.7. The largest absolute Gasteiger partial charge is 0.507 e. The van der Waals surface area contributed by atoms with E-state index in [1.54, 1.807) is 24.3 Å². The molecule has 1 aliphatic heterocycles. The molecule has 1 fully saturated rings. The van der Waals surface area contributed by atoms with Gasteiger partial charge in [-0.2, -0.15) is 0 Å². The number of fused-ring (bicyclic) bond motifs is 3. The number of carbonyl (C=O) groups is 6. The van der Waals surface area contributed by atoms with E-state index in [9.17, 15) is 54.3 Å². The van der Waals surface area contributed by atoms with Gasteiger partial charge in [-0.25, -0.2) is 4.79 Å². The van der Waals surface area contributed by atoms with Gasteiger partial charge in [0.05, 0.1) is 48.6 Å². The minimum Gasteiger partial charge on any atom is -0.507 e. The lowest BCUT2D eigenvalue weighted by atomic mass is 9.72. The molecule has 0 bridgehead atoms. The zero-order chi connectivity index (χ0) is 42.1. The zero-order valence-corrected chi connectivity index (χ0v) is 31.7. The number of hydrogen-bond acceptors (Lipinski definition) is 15. The number of Topliss-reactive ketones (excluding diaryl/α,β-unsaturated/α-hetero) is 1. The third kappa shape index (κ3) is 8.09. The fraction of sp³-hybridized carbons (Fsp3) is 0.400. The van der Waals surface area contributed by atoms with Gasteiger partial charge in [-0.15, -0.1) is 0 Å². The van der Waals surface area contributed by atoms with Gasteiger partial charge in [-0.05, 0) is 18.6 Å². The molecule has 3 aromatic carbocycles. The smallest absolute Gasteiger partial charge is 0.407 e. The maximum atomic E-state index is 13.9. The maximum absolute atomic E-state index is 13.9. The SMILES string of the molecule is COc1cccc2c1C(=O)c1c(O)c3c(c(O)c1C2=O)C[C@@](O)(C(=O)CO)C[C@@H]3O[C@H]1C[C@H](NC(=O)CN(C)C(=O)CNC(=O)OCc2ccccc2)[C@H](O)[C@H](C)O1. The molecule has 18 nitrogen and oxygen atoms in total. The number of nitrogens with zero attached hydrogens (tertiary/aromatic N) is 1. The van der Waals surface area contributed by atoms with Gasteiger partial charge in [0, 0.05) is 43.0 Å². The first-order chi connectivity index (χ1) is 27.6. The molecule has 0 unspecified atom stereocenters. The lowest BCUT2D eigenvalue weighted by molar-refractivity contribution is -0.249. The number of aliphatic hydroxyl groups is 3. The Morgan fingerprint density at radius 3 is 2.38 bits per heavy atom. The number of carbonyl (C=O) groups excluding carboxylic acids is 6. The second-order valence-corrected chi connectivity index (χ2v) is 14.3. The van der Waals surface area contributed by atoms with Crippen LogP contribution in [0.15, 0.2) is 48.5 Å². The van der Waals surface area contributed by atoms with E-state index >= 15 is 0 Å². The Labute approximate surface area is 331 Å². The molecular formula is C40H43N3O15. The highest BCUT2D eigenvalue weighted by Crippen LogP contribution is 2.52. The molecule has 6 atom stereocenters. The number of nitrogens with one attached hydrogen (secondary N) is 2. The predicted molar refractivity (Wildman–Crippen MR) is 198 cm³/mol. The van der Waals surface area contributed by atoms with E-state index in [-0.39, 0.29) is 41.0 Å². The van der Waals surface area contributed by atoms with Crippen LogP contribution in [0.25, 0.3) is 0 Å². The number of likely N-dealkylation sites (N-methyl/N-ethyl adjacent to an activating group) is 1. The van der Waals surface area contributed by atoms with Crippen LogP contribution in [0.4, 0.5) is 4.79 Å². The van der Waals surface area contributed by atoms with Gasteiger partial charge < -0.3 is 60.0 Å². The third-order valence-corrected chi connectivity index (χ3v) is 10.5. The number of rotatable bonds is 12. The minimum atomic E-state index is -2.38. The topological polar surface area (TPSA) is 268 Å². The number of phenols is 2. The van der Waals surface area contributed by atoms with Crippen molar-refractivity contribution in [1.82, 2.24) is 15.5 Å².